The Balaban J connectivity index is 0.00000289. The maximum Gasteiger partial charge on any atom is 0.261 e. The van der Waals surface area contributed by atoms with Crippen LogP contribution < -0.4 is 11.1 Å². The number of carbonyl (C=O) groups excluding carboxylic acids is 1. The first-order valence-corrected chi connectivity index (χ1v) is 12.0. The Kier molecular flexibility index (Phi) is 8.15. The largest absolute Gasteiger partial charge is 0.383 e. The number of hydrogen-bond donors (Lipinski definition) is 2. The number of fused-ring (bicyclic) bond motifs is 1. The molecule has 4 rings (SSSR count). The fourth-order valence-corrected chi connectivity index (χ4v) is 5.67. The van der Waals surface area contributed by atoms with Gasteiger partial charge in [0.15, 0.2) is 0 Å². The van der Waals surface area contributed by atoms with Gasteiger partial charge >= 0.3 is 0 Å². The molecule has 5 nitrogen and oxygen atoms in total. The van der Waals surface area contributed by atoms with Crippen molar-refractivity contribution >= 4 is 45.4 Å². The molecule has 1 saturated heterocycles. The van der Waals surface area contributed by atoms with Crippen molar-refractivity contribution in [2.45, 2.75) is 46.6 Å². The zero-order valence-electron chi connectivity index (χ0n) is 18.1. The Labute approximate surface area is 200 Å². The molecule has 3 heterocycles. The second-order valence-electron chi connectivity index (χ2n) is 8.53. The van der Waals surface area contributed by atoms with E-state index in [0.29, 0.717) is 12.4 Å². The minimum atomic E-state index is -0.0484. The minimum Gasteiger partial charge on any atom is -0.383 e. The van der Waals surface area contributed by atoms with Crippen LogP contribution in [-0.2, 0) is 13.0 Å². The van der Waals surface area contributed by atoms with Crippen LogP contribution in [0, 0.1) is 12.8 Å². The van der Waals surface area contributed by atoms with E-state index in [1.54, 1.807) is 6.20 Å². The first kappa shape index (κ1) is 24.5. The Bertz CT molecular complexity index is 1090. The normalized spacial score (nSPS) is 15.0. The number of halogens is 1. The van der Waals surface area contributed by atoms with Crippen LogP contribution in [0.3, 0.4) is 0 Å². The van der Waals surface area contributed by atoms with Gasteiger partial charge in [-0.25, -0.2) is 4.98 Å². The molecule has 1 aliphatic heterocycles. The van der Waals surface area contributed by atoms with Crippen molar-refractivity contribution in [1.82, 2.24) is 15.2 Å². The van der Waals surface area contributed by atoms with Crippen molar-refractivity contribution < 1.29 is 4.79 Å². The molecule has 0 spiro atoms. The number of carbonyl (C=O) groups is 1. The number of nitrogens with two attached hydrogens (primary N) is 1. The monoisotopic (exact) mass is 472 g/mol. The molecule has 1 amide bonds. The maximum atomic E-state index is 13.0. The number of rotatable bonds is 6. The lowest BCUT2D eigenvalue weighted by Crippen LogP contribution is -2.30. The molecule has 172 valence electrons. The van der Waals surface area contributed by atoms with E-state index in [4.69, 9.17) is 17.3 Å². The van der Waals surface area contributed by atoms with Crippen molar-refractivity contribution in [3.8, 4) is 0 Å². The summed E-state index contributed by atoms with van der Waals surface area (Å²) in [5, 5.41) is 5.03. The predicted octanol–water partition coefficient (Wildman–Crippen LogP) is 5.68. The van der Waals surface area contributed by atoms with E-state index < -0.39 is 0 Å². The van der Waals surface area contributed by atoms with Crippen LogP contribution >= 0.6 is 22.9 Å². The maximum absolute atomic E-state index is 13.0. The standard InChI is InChI=1S/C24H29ClN4OS.CH4/c1-15-19(5-3-16-8-11-29(2)12-9-16)21(31-22(15)25)24(30)28-14-17-4-6-20-18(13-17)7-10-27-23(20)26;/h4,6-7,10,13,16H,3,5,8-9,11-12,14H2,1-2H3,(H2,26,27)(H,28,30);1H4. The number of aromatic nitrogens is 1. The lowest BCUT2D eigenvalue weighted by Gasteiger charge is -2.29. The van der Waals surface area contributed by atoms with Crippen LogP contribution in [0.5, 0.6) is 0 Å². The molecule has 0 unspecified atom stereocenters. The summed E-state index contributed by atoms with van der Waals surface area (Å²) in [6, 6.07) is 7.91. The summed E-state index contributed by atoms with van der Waals surface area (Å²) in [6.45, 7) is 4.81. The molecule has 32 heavy (non-hydrogen) atoms. The van der Waals surface area contributed by atoms with Gasteiger partial charge in [-0.05, 0) is 92.9 Å². The van der Waals surface area contributed by atoms with Gasteiger partial charge in [0.1, 0.15) is 5.82 Å². The number of nitrogens with zero attached hydrogens (tertiary/aromatic N) is 2. The van der Waals surface area contributed by atoms with Crippen LogP contribution in [0.4, 0.5) is 5.82 Å². The molecule has 2 aromatic heterocycles. The van der Waals surface area contributed by atoms with Crippen molar-refractivity contribution in [3.63, 3.8) is 0 Å². The van der Waals surface area contributed by atoms with Gasteiger partial charge in [0.25, 0.3) is 5.91 Å². The molecule has 1 aromatic carbocycles. The highest BCUT2D eigenvalue weighted by Gasteiger charge is 2.22. The third kappa shape index (κ3) is 5.42. The number of hydrogen-bond acceptors (Lipinski definition) is 5. The van der Waals surface area contributed by atoms with E-state index >= 15 is 0 Å². The summed E-state index contributed by atoms with van der Waals surface area (Å²) in [6.07, 6.45) is 6.19. The number of piperidine rings is 1. The topological polar surface area (TPSA) is 71.2 Å². The molecule has 1 fully saturated rings. The SMILES string of the molecule is C.Cc1c(Cl)sc(C(=O)NCc2ccc3c(N)nccc3c2)c1CCC1CCN(C)CC1. The number of nitrogens with one attached hydrogen (secondary N) is 1. The van der Waals surface area contributed by atoms with Gasteiger partial charge in [0.05, 0.1) is 9.21 Å². The molecular weight excluding hydrogens is 440 g/mol. The van der Waals surface area contributed by atoms with Gasteiger partial charge in [0.2, 0.25) is 0 Å². The molecule has 0 atom stereocenters. The highest BCUT2D eigenvalue weighted by atomic mass is 35.5. The molecule has 0 radical (unpaired) electrons. The van der Waals surface area contributed by atoms with Gasteiger partial charge in [-0.1, -0.05) is 31.2 Å². The third-order valence-electron chi connectivity index (χ3n) is 6.37. The second-order valence-corrected chi connectivity index (χ2v) is 10.2. The average molecular weight is 473 g/mol. The highest BCUT2D eigenvalue weighted by molar-refractivity contribution is 7.18. The fourth-order valence-electron chi connectivity index (χ4n) is 4.32. The zero-order valence-corrected chi connectivity index (χ0v) is 19.7. The third-order valence-corrected chi connectivity index (χ3v) is 8.01. The summed E-state index contributed by atoms with van der Waals surface area (Å²) < 4.78 is 0.720. The van der Waals surface area contributed by atoms with E-state index in [9.17, 15) is 4.79 Å². The number of benzene rings is 1. The number of pyridine rings is 1. The van der Waals surface area contributed by atoms with E-state index in [1.165, 1.54) is 24.2 Å². The van der Waals surface area contributed by atoms with Crippen molar-refractivity contribution in [1.29, 1.82) is 0 Å². The average Bonchev–Trinajstić information content (AvgIpc) is 3.05. The minimum absolute atomic E-state index is 0. The van der Waals surface area contributed by atoms with Crippen molar-refractivity contribution in [2.75, 3.05) is 25.9 Å². The Morgan fingerprint density at radius 1 is 1.31 bits per heavy atom. The molecule has 0 aliphatic carbocycles. The van der Waals surface area contributed by atoms with Crippen LogP contribution in [0.2, 0.25) is 4.34 Å². The smallest absolute Gasteiger partial charge is 0.261 e. The van der Waals surface area contributed by atoms with Gasteiger partial charge < -0.3 is 16.0 Å². The van der Waals surface area contributed by atoms with E-state index in [2.05, 4.69) is 22.2 Å². The Morgan fingerprint density at radius 3 is 2.81 bits per heavy atom. The van der Waals surface area contributed by atoms with E-state index in [0.717, 1.165) is 68.5 Å². The molecule has 1 aliphatic rings. The summed E-state index contributed by atoms with van der Waals surface area (Å²) in [4.78, 5) is 20.3. The van der Waals surface area contributed by atoms with Gasteiger partial charge in [-0.15, -0.1) is 11.3 Å². The number of amides is 1. The molecular formula is C25H33ClN4OS. The summed E-state index contributed by atoms with van der Waals surface area (Å²) in [7, 11) is 2.18. The van der Waals surface area contributed by atoms with Crippen LogP contribution in [0.25, 0.3) is 10.8 Å². The molecule has 3 N–H and O–H groups in total. The molecule has 3 aromatic rings. The lowest BCUT2D eigenvalue weighted by molar-refractivity contribution is 0.0954. The van der Waals surface area contributed by atoms with Crippen LogP contribution in [-0.4, -0.2) is 35.9 Å². The van der Waals surface area contributed by atoms with E-state index in [1.807, 2.05) is 31.2 Å². The number of nitrogen functional groups attached to an aromatic ring is 1. The quantitative estimate of drug-likeness (QED) is 0.484. The molecule has 7 heteroatoms. The van der Waals surface area contributed by atoms with Crippen molar-refractivity contribution in [2.24, 2.45) is 5.92 Å². The summed E-state index contributed by atoms with van der Waals surface area (Å²) in [5.41, 5.74) is 9.13. The zero-order chi connectivity index (χ0) is 22.0. The highest BCUT2D eigenvalue weighted by Crippen LogP contribution is 2.34. The van der Waals surface area contributed by atoms with Gasteiger partial charge in [0, 0.05) is 18.1 Å². The fraction of sp³-hybridized carbons (Fsp3) is 0.440. The molecule has 0 bridgehead atoms. The first-order chi connectivity index (χ1) is 14.9. The van der Waals surface area contributed by atoms with Crippen LogP contribution in [0.15, 0.2) is 30.5 Å². The summed E-state index contributed by atoms with van der Waals surface area (Å²) >= 11 is 7.83. The second kappa shape index (κ2) is 10.6. The molecule has 0 saturated carbocycles. The predicted molar refractivity (Wildman–Crippen MR) is 137 cm³/mol. The van der Waals surface area contributed by atoms with E-state index in [-0.39, 0.29) is 13.3 Å². The van der Waals surface area contributed by atoms with Crippen molar-refractivity contribution in [3.05, 3.63) is 56.4 Å². The van der Waals surface area contributed by atoms with Gasteiger partial charge in [-0.3, -0.25) is 4.79 Å². The lowest BCUT2D eigenvalue weighted by atomic mass is 9.90. The number of thiophene rings is 1. The summed E-state index contributed by atoms with van der Waals surface area (Å²) in [5.74, 6) is 1.20. The number of anilines is 1. The van der Waals surface area contributed by atoms with Gasteiger partial charge in [-0.2, -0.15) is 0 Å². The first-order valence-electron chi connectivity index (χ1n) is 10.8. The number of likely N-dealkylation sites (tertiary alicyclic amines) is 1. The van der Waals surface area contributed by atoms with Crippen LogP contribution in [0.1, 0.15) is 53.1 Å². The Morgan fingerprint density at radius 2 is 2.06 bits per heavy atom. The Hall–Kier alpha value is -2.15.